The molecule has 78 valence electrons. The third-order valence-electron chi connectivity index (χ3n) is 1.45. The standard InChI is InChI=1S/C10H20O3/c1-9(2,3)7(11)8(12)13-10(4,5)6/h7,11H,1-6H3/t7-/m1/s1. The highest BCUT2D eigenvalue weighted by Gasteiger charge is 2.32. The van der Waals surface area contributed by atoms with Crippen LogP contribution in [0.5, 0.6) is 0 Å². The van der Waals surface area contributed by atoms with E-state index in [2.05, 4.69) is 0 Å². The van der Waals surface area contributed by atoms with Crippen LogP contribution in [0.3, 0.4) is 0 Å². The van der Waals surface area contributed by atoms with Gasteiger partial charge in [-0.15, -0.1) is 0 Å². The molecule has 0 amide bonds. The normalized spacial score (nSPS) is 15.3. The number of carbonyl (C=O) groups excluding carboxylic acids is 1. The lowest BCUT2D eigenvalue weighted by Gasteiger charge is -2.28. The van der Waals surface area contributed by atoms with E-state index in [1.54, 1.807) is 41.5 Å². The summed E-state index contributed by atoms with van der Waals surface area (Å²) >= 11 is 0. The number of aliphatic hydroxyl groups excluding tert-OH is 1. The zero-order valence-electron chi connectivity index (χ0n) is 9.34. The lowest BCUT2D eigenvalue weighted by atomic mass is 9.89. The summed E-state index contributed by atoms with van der Waals surface area (Å²) in [6.45, 7) is 10.7. The molecule has 0 aromatic carbocycles. The summed E-state index contributed by atoms with van der Waals surface area (Å²) in [5, 5.41) is 9.54. The van der Waals surface area contributed by atoms with Crippen LogP contribution in [0, 0.1) is 5.41 Å². The average Bonchev–Trinajstić information content (AvgIpc) is 1.79. The molecular formula is C10H20O3. The van der Waals surface area contributed by atoms with Gasteiger partial charge in [-0.25, -0.2) is 4.79 Å². The van der Waals surface area contributed by atoms with Crippen LogP contribution in [-0.2, 0) is 9.53 Å². The average molecular weight is 188 g/mol. The Kier molecular flexibility index (Phi) is 3.50. The number of rotatable bonds is 1. The highest BCUT2D eigenvalue weighted by molar-refractivity contribution is 5.75. The first-order valence-corrected chi connectivity index (χ1v) is 4.45. The van der Waals surface area contributed by atoms with E-state index in [9.17, 15) is 9.90 Å². The van der Waals surface area contributed by atoms with E-state index in [4.69, 9.17) is 4.74 Å². The molecule has 0 fully saturated rings. The minimum atomic E-state index is -1.06. The lowest BCUT2D eigenvalue weighted by molar-refractivity contribution is -0.170. The maximum absolute atomic E-state index is 11.3. The van der Waals surface area contributed by atoms with Crippen LogP contribution >= 0.6 is 0 Å². The van der Waals surface area contributed by atoms with Crippen molar-refractivity contribution in [2.75, 3.05) is 0 Å². The number of hydrogen-bond donors (Lipinski definition) is 1. The molecule has 3 nitrogen and oxygen atoms in total. The molecule has 0 heterocycles. The second kappa shape index (κ2) is 3.66. The molecule has 0 aliphatic carbocycles. The third kappa shape index (κ3) is 4.88. The maximum Gasteiger partial charge on any atom is 0.336 e. The molecule has 13 heavy (non-hydrogen) atoms. The van der Waals surface area contributed by atoms with Crippen molar-refractivity contribution in [3.8, 4) is 0 Å². The summed E-state index contributed by atoms with van der Waals surface area (Å²) in [5.74, 6) is -0.556. The molecule has 0 aromatic heterocycles. The zero-order chi connectivity index (χ0) is 10.9. The fourth-order valence-corrected chi connectivity index (χ4v) is 0.711. The third-order valence-corrected chi connectivity index (χ3v) is 1.45. The summed E-state index contributed by atoms with van der Waals surface area (Å²) in [7, 11) is 0. The van der Waals surface area contributed by atoms with E-state index in [0.29, 0.717) is 0 Å². The van der Waals surface area contributed by atoms with Gasteiger partial charge in [-0.3, -0.25) is 0 Å². The number of carbonyl (C=O) groups is 1. The largest absolute Gasteiger partial charge is 0.458 e. The van der Waals surface area contributed by atoms with Crippen LogP contribution in [0.15, 0.2) is 0 Å². The van der Waals surface area contributed by atoms with E-state index in [1.807, 2.05) is 0 Å². The Hall–Kier alpha value is -0.570. The Morgan fingerprint density at radius 1 is 1.15 bits per heavy atom. The first kappa shape index (κ1) is 12.4. The van der Waals surface area contributed by atoms with Crippen LogP contribution < -0.4 is 0 Å². The number of aliphatic hydroxyl groups is 1. The van der Waals surface area contributed by atoms with Gasteiger partial charge in [0.15, 0.2) is 6.10 Å². The monoisotopic (exact) mass is 188 g/mol. The van der Waals surface area contributed by atoms with E-state index in [0.717, 1.165) is 0 Å². The van der Waals surface area contributed by atoms with Crippen LogP contribution in [0.2, 0.25) is 0 Å². The maximum atomic E-state index is 11.3. The van der Waals surface area contributed by atoms with Gasteiger partial charge in [0, 0.05) is 0 Å². The number of ether oxygens (including phenoxy) is 1. The van der Waals surface area contributed by atoms with E-state index in [1.165, 1.54) is 0 Å². The van der Waals surface area contributed by atoms with Crippen molar-refractivity contribution in [2.24, 2.45) is 5.41 Å². The SMILES string of the molecule is CC(C)(C)OC(=O)[C@@H](O)C(C)(C)C. The molecule has 0 unspecified atom stereocenters. The molecule has 0 bridgehead atoms. The van der Waals surface area contributed by atoms with Crippen molar-refractivity contribution in [1.29, 1.82) is 0 Å². The first-order valence-electron chi connectivity index (χ1n) is 4.45. The quantitative estimate of drug-likeness (QED) is 0.637. The van der Waals surface area contributed by atoms with Crippen molar-refractivity contribution >= 4 is 5.97 Å². The number of hydrogen-bond acceptors (Lipinski definition) is 3. The van der Waals surface area contributed by atoms with Crippen molar-refractivity contribution in [2.45, 2.75) is 53.2 Å². The van der Waals surface area contributed by atoms with Gasteiger partial charge in [0.25, 0.3) is 0 Å². The Bertz CT molecular complexity index is 183. The zero-order valence-corrected chi connectivity index (χ0v) is 9.34. The highest BCUT2D eigenvalue weighted by atomic mass is 16.6. The Morgan fingerprint density at radius 2 is 1.54 bits per heavy atom. The van der Waals surface area contributed by atoms with Gasteiger partial charge >= 0.3 is 5.97 Å². The van der Waals surface area contributed by atoms with Gasteiger partial charge in [-0.2, -0.15) is 0 Å². The van der Waals surface area contributed by atoms with Crippen molar-refractivity contribution in [3.05, 3.63) is 0 Å². The molecule has 0 spiro atoms. The van der Waals surface area contributed by atoms with Crippen LogP contribution in [0.4, 0.5) is 0 Å². The highest BCUT2D eigenvalue weighted by Crippen LogP contribution is 2.21. The van der Waals surface area contributed by atoms with Gasteiger partial charge in [0.2, 0.25) is 0 Å². The van der Waals surface area contributed by atoms with Crippen molar-refractivity contribution < 1.29 is 14.6 Å². The Morgan fingerprint density at radius 3 is 1.77 bits per heavy atom. The predicted octanol–water partition coefficient (Wildman–Crippen LogP) is 1.74. The second-order valence-electron chi connectivity index (χ2n) is 5.30. The second-order valence-corrected chi connectivity index (χ2v) is 5.30. The fourth-order valence-electron chi connectivity index (χ4n) is 0.711. The van der Waals surface area contributed by atoms with Gasteiger partial charge in [-0.05, 0) is 26.2 Å². The van der Waals surface area contributed by atoms with Gasteiger partial charge in [0.05, 0.1) is 0 Å². The summed E-state index contributed by atoms with van der Waals surface area (Å²) < 4.78 is 5.04. The molecule has 0 aromatic rings. The Balaban J connectivity index is 4.30. The van der Waals surface area contributed by atoms with Gasteiger partial charge in [0.1, 0.15) is 5.60 Å². The molecule has 1 N–H and O–H groups in total. The lowest BCUT2D eigenvalue weighted by Crippen LogP contribution is -2.39. The topological polar surface area (TPSA) is 46.5 Å². The molecule has 0 aliphatic rings. The fraction of sp³-hybridized carbons (Fsp3) is 0.900. The predicted molar refractivity (Wildman–Crippen MR) is 51.3 cm³/mol. The first-order chi connectivity index (χ1) is 5.54. The van der Waals surface area contributed by atoms with E-state index < -0.39 is 23.1 Å². The molecule has 0 saturated carbocycles. The minimum absolute atomic E-state index is 0.470. The van der Waals surface area contributed by atoms with Crippen molar-refractivity contribution in [3.63, 3.8) is 0 Å². The molecule has 0 radical (unpaired) electrons. The Labute approximate surface area is 80.1 Å². The summed E-state index contributed by atoms with van der Waals surface area (Å²) in [6.07, 6.45) is -1.06. The summed E-state index contributed by atoms with van der Waals surface area (Å²) in [6, 6.07) is 0. The van der Waals surface area contributed by atoms with Crippen LogP contribution in [-0.4, -0.2) is 22.8 Å². The molecular weight excluding hydrogens is 168 g/mol. The van der Waals surface area contributed by atoms with Gasteiger partial charge < -0.3 is 9.84 Å². The van der Waals surface area contributed by atoms with E-state index >= 15 is 0 Å². The molecule has 0 aliphatic heterocycles. The molecule has 1 atom stereocenters. The van der Waals surface area contributed by atoms with E-state index in [-0.39, 0.29) is 0 Å². The smallest absolute Gasteiger partial charge is 0.336 e. The summed E-state index contributed by atoms with van der Waals surface area (Å²) in [5.41, 5.74) is -1.01. The molecule has 0 saturated heterocycles. The molecule has 0 rings (SSSR count). The number of esters is 1. The summed E-state index contributed by atoms with van der Waals surface area (Å²) in [4.78, 5) is 11.3. The van der Waals surface area contributed by atoms with Crippen LogP contribution in [0.25, 0.3) is 0 Å². The molecule has 3 heteroatoms. The van der Waals surface area contributed by atoms with Crippen LogP contribution in [0.1, 0.15) is 41.5 Å². The minimum Gasteiger partial charge on any atom is -0.458 e. The van der Waals surface area contributed by atoms with Gasteiger partial charge in [-0.1, -0.05) is 20.8 Å². The van der Waals surface area contributed by atoms with Crippen molar-refractivity contribution in [1.82, 2.24) is 0 Å².